The molecule has 1 amide bonds. The summed E-state index contributed by atoms with van der Waals surface area (Å²) in [4.78, 5) is 37.8. The molecule has 0 bridgehead atoms. The topological polar surface area (TPSA) is 81.3 Å². The van der Waals surface area contributed by atoms with Crippen LogP contribution in [0.25, 0.3) is 22.2 Å². The van der Waals surface area contributed by atoms with Crippen LogP contribution in [-0.4, -0.2) is 48.0 Å². The van der Waals surface area contributed by atoms with E-state index in [9.17, 15) is 18.4 Å². The molecule has 0 atom stereocenters. The van der Waals surface area contributed by atoms with Gasteiger partial charge in [0.25, 0.3) is 11.5 Å². The zero-order valence-electron chi connectivity index (χ0n) is 22.0. The smallest absolute Gasteiger partial charge is 0.263 e. The number of carbonyl (C=O) groups is 1. The van der Waals surface area contributed by atoms with Crippen molar-refractivity contribution < 1.29 is 13.6 Å². The van der Waals surface area contributed by atoms with E-state index in [-0.39, 0.29) is 11.2 Å². The largest absolute Gasteiger partial charge is 0.351 e. The second kappa shape index (κ2) is 11.5. The lowest BCUT2D eigenvalue weighted by molar-refractivity contribution is 0.0950. The van der Waals surface area contributed by atoms with Gasteiger partial charge in [0.1, 0.15) is 11.2 Å². The van der Waals surface area contributed by atoms with Crippen molar-refractivity contribution in [1.29, 1.82) is 0 Å². The van der Waals surface area contributed by atoms with Gasteiger partial charge in [0, 0.05) is 42.3 Å². The fourth-order valence-electron chi connectivity index (χ4n) is 4.61. The van der Waals surface area contributed by atoms with E-state index in [1.807, 2.05) is 79.7 Å². The number of nitrogens with one attached hydrogen (secondary N) is 2. The number of likely N-dealkylation sites (N-methyl/N-ethyl adjacent to an activating group) is 1. The van der Waals surface area contributed by atoms with Crippen LogP contribution >= 0.6 is 0 Å². The molecular formula is C31H27F2N5O2. The minimum atomic E-state index is -1.01. The third kappa shape index (κ3) is 5.32. The molecule has 9 heteroatoms. The van der Waals surface area contributed by atoms with E-state index < -0.39 is 23.1 Å². The fraction of sp³-hybridized carbons (Fsp3) is 0.129. The number of aromatic amines is 1. The zero-order valence-corrected chi connectivity index (χ0v) is 22.0. The lowest BCUT2D eigenvalue weighted by Gasteiger charge is -2.27. The van der Waals surface area contributed by atoms with Gasteiger partial charge < -0.3 is 20.1 Å². The molecule has 2 heterocycles. The Morgan fingerprint density at radius 3 is 2.27 bits per heavy atom. The van der Waals surface area contributed by atoms with Gasteiger partial charge in [-0.1, -0.05) is 48.5 Å². The van der Waals surface area contributed by atoms with Gasteiger partial charge in [0.2, 0.25) is 0 Å². The summed E-state index contributed by atoms with van der Waals surface area (Å²) in [6, 6.07) is 23.6. The Balaban J connectivity index is 1.84. The predicted molar refractivity (Wildman–Crippen MR) is 153 cm³/mol. The Bertz CT molecular complexity index is 1720. The first-order valence-corrected chi connectivity index (χ1v) is 12.7. The van der Waals surface area contributed by atoms with Crippen molar-refractivity contribution in [2.45, 2.75) is 0 Å². The number of para-hydroxylation sites is 1. The van der Waals surface area contributed by atoms with Crippen LogP contribution in [0.4, 0.5) is 25.8 Å². The van der Waals surface area contributed by atoms with Crippen LogP contribution in [0, 0.1) is 11.6 Å². The Hall–Kier alpha value is -4.89. The van der Waals surface area contributed by atoms with Crippen molar-refractivity contribution in [3.8, 4) is 11.1 Å². The highest BCUT2D eigenvalue weighted by Gasteiger charge is 2.26. The maximum absolute atomic E-state index is 14.5. The van der Waals surface area contributed by atoms with Crippen molar-refractivity contribution in [3.63, 3.8) is 0 Å². The Labute approximate surface area is 229 Å². The predicted octanol–water partition coefficient (Wildman–Crippen LogP) is 5.63. The molecule has 0 unspecified atom stereocenters. The van der Waals surface area contributed by atoms with Crippen LogP contribution in [0.5, 0.6) is 0 Å². The van der Waals surface area contributed by atoms with E-state index in [2.05, 4.69) is 15.3 Å². The van der Waals surface area contributed by atoms with Gasteiger partial charge in [-0.15, -0.1) is 0 Å². The summed E-state index contributed by atoms with van der Waals surface area (Å²) >= 11 is 0. The number of hydrogen-bond donors (Lipinski definition) is 2. The first-order chi connectivity index (χ1) is 19.3. The van der Waals surface area contributed by atoms with Gasteiger partial charge in [-0.25, -0.2) is 13.8 Å². The second-order valence-electron chi connectivity index (χ2n) is 9.45. The molecule has 0 fully saturated rings. The summed E-state index contributed by atoms with van der Waals surface area (Å²) in [5.41, 5.74) is 2.12. The number of halogens is 2. The molecule has 0 aliphatic rings. The third-order valence-electron chi connectivity index (χ3n) is 6.44. The Morgan fingerprint density at radius 1 is 0.900 bits per heavy atom. The summed E-state index contributed by atoms with van der Waals surface area (Å²) in [6.45, 7) is 0.922. The van der Waals surface area contributed by atoms with E-state index in [1.165, 1.54) is 12.3 Å². The first-order valence-electron chi connectivity index (χ1n) is 12.7. The van der Waals surface area contributed by atoms with Gasteiger partial charge in [-0.2, -0.15) is 0 Å². The molecule has 2 N–H and O–H groups in total. The summed E-state index contributed by atoms with van der Waals surface area (Å²) in [5, 5.41) is 3.32. The maximum atomic E-state index is 14.5. The van der Waals surface area contributed by atoms with Crippen LogP contribution in [-0.2, 0) is 0 Å². The molecule has 7 nitrogen and oxygen atoms in total. The molecule has 0 radical (unpaired) electrons. The van der Waals surface area contributed by atoms with Gasteiger partial charge >= 0.3 is 0 Å². The van der Waals surface area contributed by atoms with E-state index in [1.54, 1.807) is 11.0 Å². The average Bonchev–Trinajstić information content (AvgIpc) is 2.95. The van der Waals surface area contributed by atoms with E-state index >= 15 is 0 Å². The third-order valence-corrected chi connectivity index (χ3v) is 6.44. The van der Waals surface area contributed by atoms with Crippen molar-refractivity contribution in [1.82, 2.24) is 20.2 Å². The number of fused-ring (bicyclic) bond motifs is 1. The molecule has 202 valence electrons. The number of hydrogen-bond acceptors (Lipinski definition) is 5. The summed E-state index contributed by atoms with van der Waals surface area (Å²) < 4.78 is 28.5. The van der Waals surface area contributed by atoms with E-state index in [0.717, 1.165) is 12.1 Å². The van der Waals surface area contributed by atoms with Crippen LogP contribution in [0.1, 0.15) is 10.4 Å². The normalized spacial score (nSPS) is 11.1. The molecule has 5 aromatic rings. The van der Waals surface area contributed by atoms with Crippen molar-refractivity contribution in [3.05, 3.63) is 119 Å². The molecule has 0 saturated heterocycles. The number of anilines is 3. The monoisotopic (exact) mass is 539 g/mol. The zero-order chi connectivity index (χ0) is 28.2. The maximum Gasteiger partial charge on any atom is 0.263 e. The number of nitrogens with zero attached hydrogens (tertiary/aromatic N) is 3. The molecule has 0 spiro atoms. The van der Waals surface area contributed by atoms with Crippen molar-refractivity contribution in [2.75, 3.05) is 32.1 Å². The highest BCUT2D eigenvalue weighted by molar-refractivity contribution is 6.12. The molecule has 40 heavy (non-hydrogen) atoms. The number of benzene rings is 3. The van der Waals surface area contributed by atoms with Crippen molar-refractivity contribution >= 4 is 34.0 Å². The second-order valence-corrected chi connectivity index (χ2v) is 9.45. The molecular weight excluding hydrogens is 512 g/mol. The fourth-order valence-corrected chi connectivity index (χ4v) is 4.61. The number of amides is 1. The quantitative estimate of drug-likeness (QED) is 0.267. The lowest BCUT2D eigenvalue weighted by atomic mass is 9.95. The average molecular weight is 540 g/mol. The molecule has 2 aromatic heterocycles. The standard InChI is InChI=1S/C31H27F2N5O2/c1-37(2)18-17-35-30(39)28-26(20-9-5-3-6-10-20)27-25(15-16-34-29(27)36-31(28)40)38(21-11-7-4-8-12-21)22-13-14-23(32)24(33)19-22/h3-16,19H,17-18H2,1-2H3,(H,35,39)(H,34,36,40). The lowest BCUT2D eigenvalue weighted by Crippen LogP contribution is -2.35. The Kier molecular flexibility index (Phi) is 7.65. The number of carbonyl (C=O) groups excluding carboxylic acids is 1. The summed E-state index contributed by atoms with van der Waals surface area (Å²) in [7, 11) is 3.78. The molecule has 0 aliphatic carbocycles. The first kappa shape index (κ1) is 26.7. The number of rotatable bonds is 8. The Morgan fingerprint density at radius 2 is 1.60 bits per heavy atom. The highest BCUT2D eigenvalue weighted by Crippen LogP contribution is 2.42. The SMILES string of the molecule is CN(C)CCNC(=O)c1c(-c2ccccc2)c2c(N(c3ccccc3)c3ccc(F)c(F)c3)ccnc2[nH]c1=O. The minimum absolute atomic E-state index is 0.0648. The van der Waals surface area contributed by atoms with Gasteiger partial charge in [-0.05, 0) is 50.0 Å². The highest BCUT2D eigenvalue weighted by atomic mass is 19.2. The van der Waals surface area contributed by atoms with Crippen LogP contribution in [0.15, 0.2) is 95.9 Å². The number of aromatic nitrogens is 2. The minimum Gasteiger partial charge on any atom is -0.351 e. The van der Waals surface area contributed by atoms with Gasteiger partial charge in [-0.3, -0.25) is 9.59 Å². The van der Waals surface area contributed by atoms with Gasteiger partial charge in [0.05, 0.1) is 11.1 Å². The molecule has 0 aliphatic heterocycles. The van der Waals surface area contributed by atoms with Crippen LogP contribution < -0.4 is 15.8 Å². The van der Waals surface area contributed by atoms with E-state index in [0.29, 0.717) is 46.7 Å². The number of H-pyrrole nitrogens is 1. The molecule has 3 aromatic carbocycles. The van der Waals surface area contributed by atoms with Crippen LogP contribution in [0.3, 0.4) is 0 Å². The van der Waals surface area contributed by atoms with Gasteiger partial charge in [0.15, 0.2) is 11.6 Å². The molecule has 5 rings (SSSR count). The summed E-state index contributed by atoms with van der Waals surface area (Å²) in [5.74, 6) is -2.51. The summed E-state index contributed by atoms with van der Waals surface area (Å²) in [6.07, 6.45) is 1.52. The molecule has 0 saturated carbocycles. The van der Waals surface area contributed by atoms with Crippen molar-refractivity contribution in [2.24, 2.45) is 0 Å². The number of pyridine rings is 2. The van der Waals surface area contributed by atoms with Crippen LogP contribution in [0.2, 0.25) is 0 Å². The van der Waals surface area contributed by atoms with E-state index in [4.69, 9.17) is 0 Å².